The molecule has 3 saturated carbocycles. The lowest BCUT2D eigenvalue weighted by molar-refractivity contribution is -0.266. The molecule has 5 rings (SSSR count). The summed E-state index contributed by atoms with van der Waals surface area (Å²) in [6.07, 6.45) is -1.82. The minimum Gasteiger partial charge on any atom is -0.390 e. The highest BCUT2D eigenvalue weighted by molar-refractivity contribution is 8.13. The molecular weight excluding hydrogens is 505 g/mol. The molecule has 1 aliphatic heterocycles. The van der Waals surface area contributed by atoms with Gasteiger partial charge in [-0.15, -0.1) is 0 Å². The van der Waals surface area contributed by atoms with Gasteiger partial charge in [-0.05, 0) is 50.7 Å². The highest BCUT2D eigenvalue weighted by Crippen LogP contribution is 2.72. The van der Waals surface area contributed by atoms with Crippen LogP contribution in [0.15, 0.2) is 23.8 Å². The Morgan fingerprint density at radius 2 is 2.03 bits per heavy atom. The number of aliphatic hydroxyl groups is 1. The van der Waals surface area contributed by atoms with E-state index in [2.05, 4.69) is 0 Å². The van der Waals surface area contributed by atoms with Crippen LogP contribution in [-0.4, -0.2) is 63.7 Å². The van der Waals surface area contributed by atoms with Gasteiger partial charge in [-0.1, -0.05) is 30.3 Å². The van der Waals surface area contributed by atoms with Crippen LogP contribution in [0.2, 0.25) is 0 Å². The van der Waals surface area contributed by atoms with Crippen LogP contribution in [0.25, 0.3) is 0 Å². The molecule has 0 amide bonds. The summed E-state index contributed by atoms with van der Waals surface area (Å²) in [6, 6.07) is -1.02. The number of halogens is 5. The van der Waals surface area contributed by atoms with E-state index < -0.39 is 76.2 Å². The normalized spacial score (nSPS) is 46.1. The van der Waals surface area contributed by atoms with Gasteiger partial charge in [0.15, 0.2) is 17.1 Å². The molecule has 0 unspecified atom stereocenters. The van der Waals surface area contributed by atoms with E-state index in [9.17, 15) is 32.3 Å². The van der Waals surface area contributed by atoms with Gasteiger partial charge in [-0.25, -0.2) is 8.78 Å². The summed E-state index contributed by atoms with van der Waals surface area (Å²) < 4.78 is 69.3. The Hall–Kier alpha value is -1.30. The first-order valence-corrected chi connectivity index (χ1v) is 13.3. The second kappa shape index (κ2) is 8.35. The molecule has 4 aliphatic carbocycles. The lowest BCUT2D eigenvalue weighted by Gasteiger charge is -2.62. The standard InChI is InChI=1S/C25H30F5NO4S/c1-21-6-5-16(32)9-14(21)3-4-17-18-10-15-12-31(8-7-23(27,28)29)35-25(15,20(34)36-13-26)22(18,2)11-19(33)24(17,21)30/h5-6,9,15,17-19,33H,3-4,7-8,10-13H2,1-2H3/t15-,17-,18-,19-,21-,22-,24-,25-/m0/s1. The molecule has 1 N–H and O–H groups in total. The molecule has 0 radical (unpaired) electrons. The third-order valence-electron chi connectivity index (χ3n) is 9.82. The van der Waals surface area contributed by atoms with Gasteiger partial charge in [0.1, 0.15) is 6.01 Å². The zero-order valence-corrected chi connectivity index (χ0v) is 20.9. The van der Waals surface area contributed by atoms with Gasteiger partial charge in [-0.2, -0.15) is 18.2 Å². The number of hydrogen-bond acceptors (Lipinski definition) is 6. The van der Waals surface area contributed by atoms with Crippen molar-refractivity contribution in [3.8, 4) is 0 Å². The van der Waals surface area contributed by atoms with Gasteiger partial charge in [0.05, 0.1) is 12.5 Å². The summed E-state index contributed by atoms with van der Waals surface area (Å²) in [5, 5.41) is 11.9. The highest BCUT2D eigenvalue weighted by atomic mass is 32.2. The van der Waals surface area contributed by atoms with Crippen LogP contribution in [0.5, 0.6) is 0 Å². The lowest BCUT2D eigenvalue weighted by atomic mass is 9.45. The smallest absolute Gasteiger partial charge is 0.390 e. The number of ketones is 1. The van der Waals surface area contributed by atoms with Gasteiger partial charge in [0.25, 0.3) is 0 Å². The van der Waals surface area contributed by atoms with Crippen molar-refractivity contribution in [3.05, 3.63) is 23.8 Å². The summed E-state index contributed by atoms with van der Waals surface area (Å²) in [4.78, 5) is 31.5. The van der Waals surface area contributed by atoms with Gasteiger partial charge in [0, 0.05) is 35.8 Å². The molecule has 0 bridgehead atoms. The van der Waals surface area contributed by atoms with Crippen molar-refractivity contribution in [2.45, 2.75) is 69.5 Å². The molecule has 1 heterocycles. The molecule has 11 heteroatoms. The van der Waals surface area contributed by atoms with E-state index in [-0.39, 0.29) is 18.7 Å². The van der Waals surface area contributed by atoms with Crippen molar-refractivity contribution in [2.24, 2.45) is 28.6 Å². The Morgan fingerprint density at radius 1 is 1.31 bits per heavy atom. The average Bonchev–Trinajstić information content (AvgIpc) is 3.27. The molecule has 1 saturated heterocycles. The van der Waals surface area contributed by atoms with E-state index in [1.165, 1.54) is 18.2 Å². The van der Waals surface area contributed by atoms with Crippen LogP contribution in [-0.2, 0) is 14.4 Å². The first-order valence-electron chi connectivity index (χ1n) is 12.3. The summed E-state index contributed by atoms with van der Waals surface area (Å²) in [7, 11) is 0. The Labute approximate surface area is 210 Å². The molecule has 5 nitrogen and oxygen atoms in total. The molecule has 8 atom stereocenters. The summed E-state index contributed by atoms with van der Waals surface area (Å²) >= 11 is 0.410. The number of thioether (sulfide) groups is 1. The van der Waals surface area contributed by atoms with Crippen LogP contribution in [0.4, 0.5) is 22.0 Å². The number of aliphatic hydroxyl groups excluding tert-OH is 1. The van der Waals surface area contributed by atoms with Crippen molar-refractivity contribution >= 4 is 22.7 Å². The van der Waals surface area contributed by atoms with Crippen LogP contribution in [0.1, 0.15) is 46.0 Å². The monoisotopic (exact) mass is 535 g/mol. The number of allylic oxidation sites excluding steroid dienone is 4. The number of hydroxylamine groups is 2. The topological polar surface area (TPSA) is 66.8 Å². The number of carbonyl (C=O) groups excluding carboxylic acids is 2. The van der Waals surface area contributed by atoms with Gasteiger partial charge in [-0.3, -0.25) is 14.4 Å². The first kappa shape index (κ1) is 26.3. The first-order chi connectivity index (χ1) is 16.7. The van der Waals surface area contributed by atoms with Gasteiger partial charge < -0.3 is 5.11 Å². The maximum atomic E-state index is 17.3. The molecule has 200 valence electrons. The summed E-state index contributed by atoms with van der Waals surface area (Å²) in [5.74, 6) is -1.89. The molecule has 4 fully saturated rings. The second-order valence-corrected chi connectivity index (χ2v) is 12.2. The maximum absolute atomic E-state index is 17.3. The summed E-state index contributed by atoms with van der Waals surface area (Å²) in [6.45, 7) is 2.99. The van der Waals surface area contributed by atoms with E-state index in [0.717, 1.165) is 5.06 Å². The molecular formula is C25H30F5NO4S. The van der Waals surface area contributed by atoms with Crippen LogP contribution in [0, 0.1) is 28.6 Å². The van der Waals surface area contributed by atoms with Crippen molar-refractivity contribution in [1.29, 1.82) is 0 Å². The largest absolute Gasteiger partial charge is 0.390 e. The fourth-order valence-corrected chi connectivity index (χ4v) is 8.96. The zero-order chi connectivity index (χ0) is 26.3. The fourth-order valence-electron chi connectivity index (χ4n) is 8.21. The second-order valence-electron chi connectivity index (χ2n) is 11.3. The third kappa shape index (κ3) is 3.37. The molecule has 0 aromatic carbocycles. The molecule has 36 heavy (non-hydrogen) atoms. The van der Waals surface area contributed by atoms with Gasteiger partial charge >= 0.3 is 6.18 Å². The number of hydrogen-bond donors (Lipinski definition) is 1. The molecule has 0 aromatic rings. The van der Waals surface area contributed by atoms with E-state index in [0.29, 0.717) is 36.6 Å². The number of fused-ring (bicyclic) bond motifs is 7. The minimum atomic E-state index is -4.41. The molecule has 5 aliphatic rings. The third-order valence-corrected chi connectivity index (χ3v) is 10.5. The maximum Gasteiger partial charge on any atom is 0.390 e. The Balaban J connectivity index is 1.53. The van der Waals surface area contributed by atoms with E-state index in [4.69, 9.17) is 4.84 Å². The lowest BCUT2D eigenvalue weighted by Crippen LogP contribution is -2.69. The van der Waals surface area contributed by atoms with E-state index in [1.54, 1.807) is 13.8 Å². The van der Waals surface area contributed by atoms with Crippen molar-refractivity contribution in [3.63, 3.8) is 0 Å². The van der Waals surface area contributed by atoms with Crippen LogP contribution >= 0.6 is 11.8 Å². The van der Waals surface area contributed by atoms with Crippen molar-refractivity contribution in [1.82, 2.24) is 5.06 Å². The molecule has 0 spiro atoms. The van der Waals surface area contributed by atoms with E-state index in [1.807, 2.05) is 0 Å². The minimum absolute atomic E-state index is 0.0414. The number of alkyl halides is 5. The Kier molecular flexibility index (Phi) is 6.10. The average molecular weight is 536 g/mol. The van der Waals surface area contributed by atoms with Crippen molar-refractivity contribution < 1.29 is 41.5 Å². The highest BCUT2D eigenvalue weighted by Gasteiger charge is 2.79. The SMILES string of the molecule is C[C@]12C=CC(=O)C=C1CC[C@H]1[C@@H]3C[C@H]4CN(CCC(F)(F)F)O[C@@]4(C(=O)SCF)[C@@]3(C)C[C@H](O)[C@@]12F. The Bertz CT molecular complexity index is 1030. The summed E-state index contributed by atoms with van der Waals surface area (Å²) in [5.41, 5.74) is -5.45. The van der Waals surface area contributed by atoms with Gasteiger partial charge in [0.2, 0.25) is 5.12 Å². The van der Waals surface area contributed by atoms with Crippen LogP contribution < -0.4 is 0 Å². The zero-order valence-electron chi connectivity index (χ0n) is 20.1. The number of carbonyl (C=O) groups is 2. The fraction of sp³-hybridized carbons (Fsp3) is 0.760. The molecule has 0 aromatic heterocycles. The van der Waals surface area contributed by atoms with Crippen molar-refractivity contribution in [2.75, 3.05) is 19.1 Å². The Morgan fingerprint density at radius 3 is 2.69 bits per heavy atom. The quantitative estimate of drug-likeness (QED) is 0.526. The number of nitrogens with zero attached hydrogens (tertiary/aromatic N) is 1. The van der Waals surface area contributed by atoms with Crippen LogP contribution in [0.3, 0.4) is 0 Å². The predicted octanol–water partition coefficient (Wildman–Crippen LogP) is 4.71. The van der Waals surface area contributed by atoms with E-state index >= 15 is 4.39 Å². The predicted molar refractivity (Wildman–Crippen MR) is 122 cm³/mol. The number of rotatable bonds is 4.